The summed E-state index contributed by atoms with van der Waals surface area (Å²) in [5.74, 6) is 0. The lowest BCUT2D eigenvalue weighted by Gasteiger charge is -2.20. The van der Waals surface area contributed by atoms with Gasteiger partial charge in [0.05, 0.1) is 33.4 Å². The summed E-state index contributed by atoms with van der Waals surface area (Å²) in [6.45, 7) is 0.0416. The lowest BCUT2D eigenvalue weighted by molar-refractivity contribution is 0.244. The van der Waals surface area contributed by atoms with Gasteiger partial charge in [0.25, 0.3) is 0 Å². The summed E-state index contributed by atoms with van der Waals surface area (Å²) in [6, 6.07) is 13.6. The second-order valence-corrected chi connectivity index (χ2v) is 6.17. The van der Waals surface area contributed by atoms with Crippen LogP contribution in [0.1, 0.15) is 30.0 Å². The van der Waals surface area contributed by atoms with Crippen molar-refractivity contribution in [3.8, 4) is 6.07 Å². The molecule has 25 heavy (non-hydrogen) atoms. The van der Waals surface area contributed by atoms with E-state index >= 15 is 0 Å². The van der Waals surface area contributed by atoms with Crippen LogP contribution >= 0.6 is 23.2 Å². The van der Waals surface area contributed by atoms with E-state index in [0.717, 1.165) is 5.56 Å². The number of nitrogens with zero attached hydrogens (tertiary/aromatic N) is 1. The van der Waals surface area contributed by atoms with E-state index in [4.69, 9.17) is 33.6 Å². The Hall–Kier alpha value is -2.26. The first kappa shape index (κ1) is 19.1. The molecular weight excluding hydrogens is 361 g/mol. The number of hydrogen-bond acceptors (Lipinski definition) is 3. The van der Waals surface area contributed by atoms with Crippen molar-refractivity contribution in [3.05, 3.63) is 63.6 Å². The average molecular weight is 378 g/mol. The molecule has 0 aliphatic carbocycles. The van der Waals surface area contributed by atoms with Gasteiger partial charge in [-0.1, -0.05) is 53.5 Å². The zero-order valence-corrected chi connectivity index (χ0v) is 14.8. The minimum absolute atomic E-state index is 0.0416. The molecule has 1 atom stereocenters. The minimum Gasteiger partial charge on any atom is -0.396 e. The van der Waals surface area contributed by atoms with Gasteiger partial charge in [-0.05, 0) is 30.5 Å². The maximum absolute atomic E-state index is 12.4. The fourth-order valence-corrected chi connectivity index (χ4v) is 2.95. The van der Waals surface area contributed by atoms with Gasteiger partial charge in [-0.15, -0.1) is 0 Å². The third-order valence-electron chi connectivity index (χ3n) is 3.57. The first-order valence-corrected chi connectivity index (χ1v) is 8.43. The Morgan fingerprint density at radius 1 is 1.20 bits per heavy atom. The number of nitriles is 1. The van der Waals surface area contributed by atoms with Gasteiger partial charge in [0.2, 0.25) is 0 Å². The summed E-state index contributed by atoms with van der Waals surface area (Å²) in [7, 11) is 0. The molecule has 2 rings (SSSR count). The van der Waals surface area contributed by atoms with Crippen molar-refractivity contribution < 1.29 is 9.90 Å². The van der Waals surface area contributed by atoms with Crippen LogP contribution in [-0.2, 0) is 0 Å². The molecule has 0 spiro atoms. The third kappa shape index (κ3) is 5.36. The van der Waals surface area contributed by atoms with Crippen LogP contribution in [0.2, 0.25) is 10.0 Å². The topological polar surface area (TPSA) is 85.2 Å². The van der Waals surface area contributed by atoms with Gasteiger partial charge in [0.1, 0.15) is 0 Å². The summed E-state index contributed by atoms with van der Waals surface area (Å²) in [6.07, 6.45) is 1.14. The van der Waals surface area contributed by atoms with Gasteiger partial charge in [-0.25, -0.2) is 4.79 Å². The quantitative estimate of drug-likeness (QED) is 0.692. The van der Waals surface area contributed by atoms with Crippen molar-refractivity contribution in [2.75, 3.05) is 11.9 Å². The van der Waals surface area contributed by atoms with Crippen LogP contribution in [0, 0.1) is 11.3 Å². The van der Waals surface area contributed by atoms with Gasteiger partial charge in [0.15, 0.2) is 0 Å². The van der Waals surface area contributed by atoms with Gasteiger partial charge < -0.3 is 15.7 Å². The number of anilines is 1. The van der Waals surface area contributed by atoms with E-state index in [1.165, 1.54) is 12.1 Å². The molecule has 0 bridgehead atoms. The van der Waals surface area contributed by atoms with Crippen LogP contribution in [0.5, 0.6) is 0 Å². The second kappa shape index (κ2) is 9.28. The summed E-state index contributed by atoms with van der Waals surface area (Å²) in [5.41, 5.74) is 1.49. The van der Waals surface area contributed by atoms with Gasteiger partial charge in [-0.2, -0.15) is 5.26 Å². The van der Waals surface area contributed by atoms with Crippen LogP contribution in [0.15, 0.2) is 42.5 Å². The van der Waals surface area contributed by atoms with Crippen LogP contribution in [0.4, 0.5) is 10.5 Å². The van der Waals surface area contributed by atoms with Crippen molar-refractivity contribution in [1.29, 1.82) is 5.26 Å². The van der Waals surface area contributed by atoms with Crippen LogP contribution < -0.4 is 10.6 Å². The van der Waals surface area contributed by atoms with Crippen molar-refractivity contribution in [2.24, 2.45) is 0 Å². The van der Waals surface area contributed by atoms with E-state index < -0.39 is 6.03 Å². The summed E-state index contributed by atoms with van der Waals surface area (Å²) < 4.78 is 0. The molecule has 2 amide bonds. The lowest BCUT2D eigenvalue weighted by atomic mass is 10.0. The Kier molecular flexibility index (Phi) is 7.08. The third-order valence-corrected chi connectivity index (χ3v) is 4.16. The Balaban J connectivity index is 2.13. The summed E-state index contributed by atoms with van der Waals surface area (Å²) >= 11 is 12.2. The highest BCUT2D eigenvalue weighted by Gasteiger charge is 2.16. The number of aliphatic hydroxyl groups excluding tert-OH is 1. The number of urea groups is 1. The number of benzene rings is 2. The fourth-order valence-electron chi connectivity index (χ4n) is 2.37. The van der Waals surface area contributed by atoms with Crippen LogP contribution in [0.25, 0.3) is 0 Å². The van der Waals surface area contributed by atoms with E-state index in [1.54, 1.807) is 0 Å². The van der Waals surface area contributed by atoms with Crippen molar-refractivity contribution >= 4 is 34.9 Å². The molecule has 0 saturated heterocycles. The first-order chi connectivity index (χ1) is 12.0. The van der Waals surface area contributed by atoms with Gasteiger partial charge in [0, 0.05) is 6.61 Å². The van der Waals surface area contributed by atoms with Crippen LogP contribution in [0.3, 0.4) is 0 Å². The molecule has 0 aliphatic heterocycles. The maximum atomic E-state index is 12.4. The smallest absolute Gasteiger partial charge is 0.319 e. The summed E-state index contributed by atoms with van der Waals surface area (Å²) in [5, 5.41) is 23.8. The number of carbonyl (C=O) groups is 1. The monoisotopic (exact) mass is 377 g/mol. The number of halogens is 2. The molecule has 0 saturated carbocycles. The predicted molar refractivity (Wildman–Crippen MR) is 98.8 cm³/mol. The standard InChI is InChI=1S/C18H17Cl2N3O2/c19-14-9-12(11-21)10-15(20)17(14)23-18(25)22-16(7-4-8-24)13-5-2-1-3-6-13/h1-3,5-6,9-10,16,24H,4,7-8H2,(H2,22,23,25)/t16-/m0/s1. The Morgan fingerprint density at radius 3 is 2.40 bits per heavy atom. The van der Waals surface area contributed by atoms with E-state index in [0.29, 0.717) is 18.4 Å². The molecule has 2 aromatic carbocycles. The predicted octanol–water partition coefficient (Wildman–Crippen LogP) is 4.50. The highest BCUT2D eigenvalue weighted by molar-refractivity contribution is 6.39. The Labute approximate surface area is 156 Å². The molecule has 5 nitrogen and oxygen atoms in total. The Morgan fingerprint density at radius 2 is 1.84 bits per heavy atom. The molecule has 0 aromatic heterocycles. The molecule has 0 radical (unpaired) electrons. The number of rotatable bonds is 6. The largest absolute Gasteiger partial charge is 0.396 e. The molecule has 0 heterocycles. The molecule has 130 valence electrons. The Bertz CT molecular complexity index is 753. The molecule has 7 heteroatoms. The van der Waals surface area contributed by atoms with Crippen LogP contribution in [-0.4, -0.2) is 17.7 Å². The molecular formula is C18H17Cl2N3O2. The minimum atomic E-state index is -0.472. The zero-order valence-electron chi connectivity index (χ0n) is 13.3. The fraction of sp³-hybridized carbons (Fsp3) is 0.222. The number of nitrogens with one attached hydrogen (secondary N) is 2. The van der Waals surface area contributed by atoms with Gasteiger partial charge in [-0.3, -0.25) is 0 Å². The van der Waals surface area contributed by atoms with E-state index in [-0.39, 0.29) is 28.4 Å². The lowest BCUT2D eigenvalue weighted by Crippen LogP contribution is -2.33. The van der Waals surface area contributed by atoms with E-state index in [9.17, 15) is 4.79 Å². The van der Waals surface area contributed by atoms with Crippen molar-refractivity contribution in [2.45, 2.75) is 18.9 Å². The maximum Gasteiger partial charge on any atom is 0.319 e. The number of amides is 2. The first-order valence-electron chi connectivity index (χ1n) is 7.67. The molecule has 0 fully saturated rings. The normalized spacial score (nSPS) is 11.4. The molecule has 3 N–H and O–H groups in total. The highest BCUT2D eigenvalue weighted by Crippen LogP contribution is 2.31. The zero-order chi connectivity index (χ0) is 18.2. The molecule has 0 unspecified atom stereocenters. The number of carbonyl (C=O) groups excluding carboxylic acids is 1. The average Bonchev–Trinajstić information content (AvgIpc) is 2.62. The van der Waals surface area contributed by atoms with Gasteiger partial charge >= 0.3 is 6.03 Å². The van der Waals surface area contributed by atoms with E-state index in [2.05, 4.69) is 10.6 Å². The van der Waals surface area contributed by atoms with Crippen molar-refractivity contribution in [3.63, 3.8) is 0 Å². The van der Waals surface area contributed by atoms with Crippen molar-refractivity contribution in [1.82, 2.24) is 5.32 Å². The number of hydrogen-bond donors (Lipinski definition) is 3. The van der Waals surface area contributed by atoms with E-state index in [1.807, 2.05) is 36.4 Å². The summed E-state index contributed by atoms with van der Waals surface area (Å²) in [4.78, 5) is 12.4. The number of aliphatic hydroxyl groups is 1. The molecule has 2 aromatic rings. The molecule has 0 aliphatic rings. The highest BCUT2D eigenvalue weighted by atomic mass is 35.5. The second-order valence-electron chi connectivity index (χ2n) is 5.35. The SMILES string of the molecule is N#Cc1cc(Cl)c(NC(=O)N[C@@H](CCCO)c2ccccc2)c(Cl)c1.